The maximum absolute atomic E-state index is 9.44. The molecule has 2 rings (SSSR count). The molecule has 0 aliphatic heterocycles. The third-order valence-corrected chi connectivity index (χ3v) is 2.20. The molecule has 74 valence electrons. The maximum Gasteiger partial charge on any atom is 0.235 e. The van der Waals surface area contributed by atoms with E-state index in [0.717, 1.165) is 0 Å². The number of aliphatic hydroxyl groups excluding tert-OH is 1. The molecule has 2 heterocycles. The molecule has 6 heteroatoms. The van der Waals surface area contributed by atoms with Gasteiger partial charge in [-0.15, -0.1) is 0 Å². The second kappa shape index (κ2) is 3.53. The highest BCUT2D eigenvalue weighted by Crippen LogP contribution is 2.13. The summed E-state index contributed by atoms with van der Waals surface area (Å²) in [5, 5.41) is 9.93. The third-order valence-electron chi connectivity index (χ3n) is 1.92. The second-order valence-electron chi connectivity index (χ2n) is 2.85. The van der Waals surface area contributed by atoms with Crippen LogP contribution in [0.4, 0.5) is 0 Å². The summed E-state index contributed by atoms with van der Waals surface area (Å²) in [7, 11) is 0. The van der Waals surface area contributed by atoms with Crippen LogP contribution in [0.2, 0.25) is 5.15 Å². The van der Waals surface area contributed by atoms with E-state index in [1.165, 1.54) is 6.20 Å². The van der Waals surface area contributed by atoms with E-state index < -0.39 is 6.10 Å². The van der Waals surface area contributed by atoms with Crippen molar-refractivity contribution in [2.24, 2.45) is 5.73 Å². The second-order valence-corrected chi connectivity index (χ2v) is 3.24. The van der Waals surface area contributed by atoms with Gasteiger partial charge in [0.25, 0.3) is 0 Å². The van der Waals surface area contributed by atoms with Crippen LogP contribution in [0.3, 0.4) is 0 Å². The fourth-order valence-corrected chi connectivity index (χ4v) is 1.34. The van der Waals surface area contributed by atoms with Gasteiger partial charge in [0.05, 0.1) is 11.9 Å². The molecule has 0 fully saturated rings. The van der Waals surface area contributed by atoms with E-state index in [-0.39, 0.29) is 6.54 Å². The average Bonchev–Trinajstić information content (AvgIpc) is 2.59. The zero-order valence-electron chi connectivity index (χ0n) is 7.26. The smallest absolute Gasteiger partial charge is 0.235 e. The van der Waals surface area contributed by atoms with Crippen molar-refractivity contribution in [2.75, 3.05) is 6.54 Å². The van der Waals surface area contributed by atoms with Crippen LogP contribution in [0, 0.1) is 0 Å². The number of aromatic nitrogens is 3. The van der Waals surface area contributed by atoms with Crippen LogP contribution in [0.15, 0.2) is 18.5 Å². The van der Waals surface area contributed by atoms with Crippen molar-refractivity contribution in [3.63, 3.8) is 0 Å². The zero-order valence-corrected chi connectivity index (χ0v) is 8.02. The van der Waals surface area contributed by atoms with E-state index in [2.05, 4.69) is 9.97 Å². The summed E-state index contributed by atoms with van der Waals surface area (Å²) in [6.45, 7) is 0.137. The van der Waals surface area contributed by atoms with Crippen molar-refractivity contribution in [2.45, 2.75) is 6.10 Å². The Kier molecular flexibility index (Phi) is 2.37. The molecule has 0 aliphatic rings. The molecule has 0 saturated heterocycles. The Balaban J connectivity index is 2.52. The van der Waals surface area contributed by atoms with Gasteiger partial charge in [-0.05, 0) is 6.07 Å². The van der Waals surface area contributed by atoms with Crippen LogP contribution in [-0.2, 0) is 0 Å². The molecule has 0 spiro atoms. The summed E-state index contributed by atoms with van der Waals surface area (Å²) in [6, 6.07) is 1.66. The van der Waals surface area contributed by atoms with Crippen molar-refractivity contribution in [1.29, 1.82) is 0 Å². The van der Waals surface area contributed by atoms with Gasteiger partial charge in [0.15, 0.2) is 0 Å². The number of halogens is 1. The molecular formula is C8H9ClN4O. The molecule has 14 heavy (non-hydrogen) atoms. The molecule has 2 aromatic rings. The van der Waals surface area contributed by atoms with Crippen molar-refractivity contribution in [1.82, 2.24) is 14.4 Å². The first-order valence-corrected chi connectivity index (χ1v) is 4.48. The molecule has 1 unspecified atom stereocenters. The molecule has 2 aromatic heterocycles. The molecule has 0 bridgehead atoms. The highest BCUT2D eigenvalue weighted by Gasteiger charge is 2.09. The number of nitrogens with two attached hydrogens (primary N) is 1. The Labute approximate surface area is 85.2 Å². The molecule has 0 aliphatic carbocycles. The largest absolute Gasteiger partial charge is 0.385 e. The lowest BCUT2D eigenvalue weighted by atomic mass is 10.2. The van der Waals surface area contributed by atoms with Crippen molar-refractivity contribution in [3.05, 3.63) is 29.3 Å². The summed E-state index contributed by atoms with van der Waals surface area (Å²) in [4.78, 5) is 8.07. The summed E-state index contributed by atoms with van der Waals surface area (Å²) in [6.07, 6.45) is 2.45. The maximum atomic E-state index is 9.44. The van der Waals surface area contributed by atoms with Crippen LogP contribution in [0.5, 0.6) is 0 Å². The minimum Gasteiger partial charge on any atom is -0.385 e. The first-order valence-electron chi connectivity index (χ1n) is 4.10. The predicted molar refractivity (Wildman–Crippen MR) is 52.0 cm³/mol. The molecule has 0 aromatic carbocycles. The van der Waals surface area contributed by atoms with Gasteiger partial charge < -0.3 is 10.8 Å². The lowest BCUT2D eigenvalue weighted by Crippen LogP contribution is -2.13. The lowest BCUT2D eigenvalue weighted by molar-refractivity contribution is 0.182. The molecule has 0 amide bonds. The minimum atomic E-state index is -0.754. The van der Waals surface area contributed by atoms with Crippen molar-refractivity contribution < 1.29 is 5.11 Å². The van der Waals surface area contributed by atoms with Crippen molar-refractivity contribution in [3.8, 4) is 0 Å². The molecule has 3 N–H and O–H groups in total. The predicted octanol–water partition coefficient (Wildman–Crippen LogP) is 0.375. The third kappa shape index (κ3) is 1.45. The average molecular weight is 213 g/mol. The molecule has 0 saturated carbocycles. The van der Waals surface area contributed by atoms with Gasteiger partial charge in [-0.1, -0.05) is 11.6 Å². The fourth-order valence-electron chi connectivity index (χ4n) is 1.16. The van der Waals surface area contributed by atoms with E-state index in [0.29, 0.717) is 16.6 Å². The van der Waals surface area contributed by atoms with Crippen LogP contribution >= 0.6 is 11.6 Å². The zero-order chi connectivity index (χ0) is 10.1. The number of aliphatic hydroxyl groups is 1. The van der Waals surface area contributed by atoms with Crippen LogP contribution in [0.1, 0.15) is 11.8 Å². The normalized spacial score (nSPS) is 13.4. The standard InChI is InChI=1S/C8H9ClN4O/c9-7-4-11-8-12-5(6(14)3-10)1-2-13(7)8/h1-2,4,6,14H,3,10H2. The van der Waals surface area contributed by atoms with Gasteiger partial charge in [0, 0.05) is 12.7 Å². The first-order chi connectivity index (χ1) is 6.72. The summed E-state index contributed by atoms with van der Waals surface area (Å²) in [5.74, 6) is 0.458. The molecule has 5 nitrogen and oxygen atoms in total. The van der Waals surface area contributed by atoms with Gasteiger partial charge >= 0.3 is 0 Å². The monoisotopic (exact) mass is 212 g/mol. The lowest BCUT2D eigenvalue weighted by Gasteiger charge is -2.06. The number of rotatable bonds is 2. The van der Waals surface area contributed by atoms with E-state index in [9.17, 15) is 5.11 Å². The first kappa shape index (κ1) is 9.39. The summed E-state index contributed by atoms with van der Waals surface area (Å²) < 4.78 is 1.62. The van der Waals surface area contributed by atoms with E-state index in [1.807, 2.05) is 0 Å². The van der Waals surface area contributed by atoms with Gasteiger partial charge in [-0.2, -0.15) is 0 Å². The van der Waals surface area contributed by atoms with E-state index in [4.69, 9.17) is 17.3 Å². The number of nitrogens with zero attached hydrogens (tertiary/aromatic N) is 3. The number of imidazole rings is 1. The van der Waals surface area contributed by atoms with Crippen molar-refractivity contribution >= 4 is 17.4 Å². The minimum absolute atomic E-state index is 0.137. The van der Waals surface area contributed by atoms with Gasteiger partial charge in [0.1, 0.15) is 11.3 Å². The van der Waals surface area contributed by atoms with E-state index >= 15 is 0 Å². The summed E-state index contributed by atoms with van der Waals surface area (Å²) >= 11 is 5.81. The van der Waals surface area contributed by atoms with E-state index in [1.54, 1.807) is 16.7 Å². The SMILES string of the molecule is NCC(O)c1ccn2c(Cl)cnc2n1. The Bertz CT molecular complexity index is 456. The topological polar surface area (TPSA) is 76.4 Å². The Morgan fingerprint density at radius 1 is 1.64 bits per heavy atom. The Morgan fingerprint density at radius 2 is 2.43 bits per heavy atom. The van der Waals surface area contributed by atoms with Crippen LogP contribution in [0.25, 0.3) is 5.78 Å². The summed E-state index contributed by atoms with van der Waals surface area (Å²) in [5.41, 5.74) is 5.81. The van der Waals surface area contributed by atoms with Crippen LogP contribution in [-0.4, -0.2) is 26.0 Å². The molecule has 0 radical (unpaired) electrons. The fraction of sp³-hybridized carbons (Fsp3) is 0.250. The van der Waals surface area contributed by atoms with Gasteiger partial charge in [-0.3, -0.25) is 4.40 Å². The molecule has 1 atom stereocenters. The Hall–Kier alpha value is -1.17. The number of hydrogen-bond donors (Lipinski definition) is 2. The molecular weight excluding hydrogens is 204 g/mol. The highest BCUT2D eigenvalue weighted by molar-refractivity contribution is 6.29. The van der Waals surface area contributed by atoms with Gasteiger partial charge in [0.2, 0.25) is 5.78 Å². The quantitative estimate of drug-likeness (QED) is 0.755. The highest BCUT2D eigenvalue weighted by atomic mass is 35.5. The number of fused-ring (bicyclic) bond motifs is 1. The number of hydrogen-bond acceptors (Lipinski definition) is 4. The van der Waals surface area contributed by atoms with Crippen LogP contribution < -0.4 is 5.73 Å². The Morgan fingerprint density at radius 3 is 3.14 bits per heavy atom. The van der Waals surface area contributed by atoms with Gasteiger partial charge in [-0.25, -0.2) is 9.97 Å².